The molecule has 30 heavy (non-hydrogen) atoms. The number of benzene rings is 2. The fraction of sp³-hybridized carbons (Fsp3) is 0.261. The van der Waals surface area contributed by atoms with E-state index in [2.05, 4.69) is 22.9 Å². The Kier molecular flexibility index (Phi) is 4.81. The zero-order chi connectivity index (χ0) is 20.8. The molecule has 1 unspecified atom stereocenters. The lowest BCUT2D eigenvalue weighted by Gasteiger charge is -2.12. The molecular weight excluding hydrogens is 400 g/mol. The van der Waals surface area contributed by atoms with Crippen LogP contribution in [-0.2, 0) is 24.7 Å². The van der Waals surface area contributed by atoms with Crippen molar-refractivity contribution in [2.24, 2.45) is 7.05 Å². The summed E-state index contributed by atoms with van der Waals surface area (Å²) in [5, 5.41) is 2.58. The van der Waals surface area contributed by atoms with Gasteiger partial charge in [0.05, 0.1) is 0 Å². The van der Waals surface area contributed by atoms with Crippen LogP contribution in [0.1, 0.15) is 30.1 Å². The number of nitrogens with one attached hydrogen (secondary N) is 1. The van der Waals surface area contributed by atoms with E-state index in [9.17, 15) is 9.00 Å². The van der Waals surface area contributed by atoms with Gasteiger partial charge in [0.1, 0.15) is 11.3 Å². The summed E-state index contributed by atoms with van der Waals surface area (Å²) in [6.45, 7) is 0.384. The number of fused-ring (bicyclic) bond motifs is 2. The molecule has 0 amide bonds. The van der Waals surface area contributed by atoms with E-state index < -0.39 is 11.3 Å². The minimum Gasteiger partial charge on any atom is -0.460 e. The van der Waals surface area contributed by atoms with Crippen LogP contribution in [0.25, 0.3) is 32.9 Å². The molecule has 154 valence electrons. The van der Waals surface area contributed by atoms with Gasteiger partial charge in [0.25, 0.3) is 5.56 Å². The van der Waals surface area contributed by atoms with Gasteiger partial charge in [-0.15, -0.1) is 0 Å². The molecule has 0 spiro atoms. The van der Waals surface area contributed by atoms with Gasteiger partial charge < -0.3 is 8.98 Å². The zero-order valence-corrected chi connectivity index (χ0v) is 17.4. The second kappa shape index (κ2) is 7.50. The Morgan fingerprint density at radius 1 is 1.17 bits per heavy atom. The van der Waals surface area contributed by atoms with Crippen LogP contribution in [-0.4, -0.2) is 19.9 Å². The van der Waals surface area contributed by atoms with Crippen molar-refractivity contribution < 1.29 is 13.2 Å². The summed E-state index contributed by atoms with van der Waals surface area (Å²) in [4.78, 5) is 12.6. The largest absolute Gasteiger partial charge is 0.460 e. The van der Waals surface area contributed by atoms with E-state index in [1.54, 1.807) is 11.6 Å². The van der Waals surface area contributed by atoms with Crippen LogP contribution >= 0.6 is 0 Å². The predicted octanol–water partition coefficient (Wildman–Crippen LogP) is 4.10. The van der Waals surface area contributed by atoms with E-state index >= 15 is 0 Å². The van der Waals surface area contributed by atoms with Gasteiger partial charge in [0, 0.05) is 47.6 Å². The number of nitrogens with zero attached hydrogens (tertiary/aromatic N) is 1. The van der Waals surface area contributed by atoms with Crippen LogP contribution < -0.4 is 10.3 Å². The quantitative estimate of drug-likeness (QED) is 0.458. The molecule has 2 aromatic heterocycles. The minimum absolute atomic E-state index is 0.0329. The molecule has 0 saturated heterocycles. The molecule has 0 radical (unpaired) electrons. The third kappa shape index (κ3) is 3.49. The second-order valence-electron chi connectivity index (χ2n) is 7.88. The normalized spacial score (nSPS) is 15.1. The summed E-state index contributed by atoms with van der Waals surface area (Å²) in [5.41, 5.74) is 3.70. The third-order valence-corrected chi connectivity index (χ3v) is 6.15. The van der Waals surface area contributed by atoms with Crippen molar-refractivity contribution in [3.8, 4) is 11.1 Å². The number of rotatable bonds is 6. The molecule has 1 saturated carbocycles. The first-order chi connectivity index (χ1) is 14.5. The SMILES string of the molecule is Cn1cc(-c2cc(CCNS(=O)O)cc3cc(C4CC4)oc23)c2ccccc2c1=O. The lowest BCUT2D eigenvalue weighted by atomic mass is 9.96. The molecule has 1 fully saturated rings. The van der Waals surface area contributed by atoms with Crippen LogP contribution in [0.4, 0.5) is 0 Å². The first-order valence-corrected chi connectivity index (χ1v) is 11.1. The number of aryl methyl sites for hydroxylation is 1. The molecule has 4 aromatic rings. The molecule has 0 aliphatic heterocycles. The highest BCUT2D eigenvalue weighted by atomic mass is 32.2. The standard InChI is InChI=1S/C23H22N2O4S/c1-25-13-20(17-4-2-3-5-18(17)23(25)26)19-11-14(8-9-24-30(27)28)10-16-12-21(15-6-7-15)29-22(16)19/h2-5,10-13,15,24H,6-9H2,1H3,(H,27,28). The topological polar surface area (TPSA) is 84.5 Å². The average Bonchev–Trinajstić information content (AvgIpc) is 3.49. The van der Waals surface area contributed by atoms with Crippen LogP contribution in [0.5, 0.6) is 0 Å². The van der Waals surface area contributed by atoms with Gasteiger partial charge >= 0.3 is 0 Å². The molecule has 1 aliphatic rings. The lowest BCUT2D eigenvalue weighted by molar-refractivity contribution is 0.549. The summed E-state index contributed by atoms with van der Waals surface area (Å²) in [6, 6.07) is 13.9. The van der Waals surface area contributed by atoms with Crippen molar-refractivity contribution in [1.29, 1.82) is 0 Å². The van der Waals surface area contributed by atoms with Gasteiger partial charge in [-0.05, 0) is 54.5 Å². The van der Waals surface area contributed by atoms with E-state index in [1.165, 1.54) is 0 Å². The molecule has 2 aromatic carbocycles. The Bertz CT molecular complexity index is 1350. The van der Waals surface area contributed by atoms with E-state index in [1.807, 2.05) is 30.5 Å². The third-order valence-electron chi connectivity index (χ3n) is 5.69. The van der Waals surface area contributed by atoms with E-state index in [0.29, 0.717) is 24.3 Å². The van der Waals surface area contributed by atoms with Gasteiger partial charge in [0.15, 0.2) is 0 Å². The van der Waals surface area contributed by atoms with Crippen molar-refractivity contribution in [1.82, 2.24) is 9.29 Å². The Balaban J connectivity index is 1.73. The highest BCUT2D eigenvalue weighted by molar-refractivity contribution is 7.77. The summed E-state index contributed by atoms with van der Waals surface area (Å²) in [5.74, 6) is 1.50. The highest BCUT2D eigenvalue weighted by Crippen LogP contribution is 2.44. The number of hydrogen-bond acceptors (Lipinski definition) is 3. The molecule has 2 heterocycles. The Morgan fingerprint density at radius 3 is 2.67 bits per heavy atom. The van der Waals surface area contributed by atoms with Crippen molar-refractivity contribution >= 4 is 33.0 Å². The van der Waals surface area contributed by atoms with Gasteiger partial charge in [0.2, 0.25) is 11.3 Å². The van der Waals surface area contributed by atoms with Crippen molar-refractivity contribution in [2.45, 2.75) is 25.2 Å². The van der Waals surface area contributed by atoms with Crippen molar-refractivity contribution in [3.05, 3.63) is 70.3 Å². The maximum atomic E-state index is 12.6. The number of furan rings is 1. The van der Waals surface area contributed by atoms with E-state index in [0.717, 1.165) is 51.6 Å². The lowest BCUT2D eigenvalue weighted by Crippen LogP contribution is -2.19. The molecular formula is C23H22N2O4S. The smallest absolute Gasteiger partial charge is 0.258 e. The number of hydrogen-bond donors (Lipinski definition) is 2. The summed E-state index contributed by atoms with van der Waals surface area (Å²) >= 11 is -2.03. The molecule has 2 N–H and O–H groups in total. The second-order valence-corrected chi connectivity index (χ2v) is 8.67. The molecule has 6 nitrogen and oxygen atoms in total. The van der Waals surface area contributed by atoms with Gasteiger partial charge in [-0.25, -0.2) is 8.93 Å². The van der Waals surface area contributed by atoms with Crippen molar-refractivity contribution in [2.75, 3.05) is 6.54 Å². The van der Waals surface area contributed by atoms with Crippen LogP contribution in [0, 0.1) is 0 Å². The first kappa shape index (κ1) is 19.2. The van der Waals surface area contributed by atoms with E-state index in [4.69, 9.17) is 8.97 Å². The molecule has 1 atom stereocenters. The predicted molar refractivity (Wildman–Crippen MR) is 119 cm³/mol. The van der Waals surface area contributed by atoms with Crippen LogP contribution in [0.2, 0.25) is 0 Å². The maximum absolute atomic E-state index is 12.6. The van der Waals surface area contributed by atoms with Crippen LogP contribution in [0.15, 0.2) is 57.9 Å². The summed E-state index contributed by atoms with van der Waals surface area (Å²) in [7, 11) is 1.76. The molecule has 5 rings (SSSR count). The fourth-order valence-corrected chi connectivity index (χ4v) is 4.34. The monoisotopic (exact) mass is 422 g/mol. The molecule has 1 aliphatic carbocycles. The Morgan fingerprint density at radius 2 is 1.93 bits per heavy atom. The number of aromatic nitrogens is 1. The van der Waals surface area contributed by atoms with Gasteiger partial charge in [-0.2, -0.15) is 0 Å². The average molecular weight is 423 g/mol. The molecule has 7 heteroatoms. The maximum Gasteiger partial charge on any atom is 0.258 e. The van der Waals surface area contributed by atoms with Gasteiger partial charge in [-0.3, -0.25) is 9.35 Å². The summed E-state index contributed by atoms with van der Waals surface area (Å²) < 4.78 is 30.4. The highest BCUT2D eigenvalue weighted by Gasteiger charge is 2.28. The van der Waals surface area contributed by atoms with Gasteiger partial charge in [-0.1, -0.05) is 18.2 Å². The Hall–Kier alpha value is -2.74. The summed E-state index contributed by atoms with van der Waals surface area (Å²) in [6.07, 6.45) is 4.76. The minimum atomic E-state index is -2.03. The van der Waals surface area contributed by atoms with E-state index in [-0.39, 0.29) is 5.56 Å². The Labute approximate surface area is 175 Å². The van der Waals surface area contributed by atoms with Crippen LogP contribution in [0.3, 0.4) is 0 Å². The fourth-order valence-electron chi connectivity index (χ4n) is 4.06. The molecule has 0 bridgehead atoms. The first-order valence-electron chi connectivity index (χ1n) is 10.0. The number of pyridine rings is 1. The van der Waals surface area contributed by atoms with Crippen molar-refractivity contribution in [3.63, 3.8) is 0 Å². The zero-order valence-electron chi connectivity index (χ0n) is 16.6.